The van der Waals surface area contributed by atoms with E-state index in [9.17, 15) is 10.1 Å². The zero-order chi connectivity index (χ0) is 13.7. The molecule has 0 spiro atoms. The average Bonchev–Trinajstić information content (AvgIpc) is 2.41. The number of hydrogen-bond acceptors (Lipinski definition) is 6. The summed E-state index contributed by atoms with van der Waals surface area (Å²) in [7, 11) is 0. The topological polar surface area (TPSA) is 107 Å². The van der Waals surface area contributed by atoms with E-state index < -0.39 is 4.92 Å². The van der Waals surface area contributed by atoms with Gasteiger partial charge in [0.25, 0.3) is 5.69 Å². The Morgan fingerprint density at radius 1 is 1.21 bits per heavy atom. The SMILES string of the molecule is Nc1cnc(NCCc2ccc([N+](=O)[O-])cc2)cn1. The fourth-order valence-corrected chi connectivity index (χ4v) is 1.55. The van der Waals surface area contributed by atoms with Gasteiger partial charge in [-0.15, -0.1) is 0 Å². The van der Waals surface area contributed by atoms with Gasteiger partial charge in [-0.1, -0.05) is 12.1 Å². The molecule has 0 amide bonds. The third-order valence-corrected chi connectivity index (χ3v) is 2.54. The average molecular weight is 259 g/mol. The van der Waals surface area contributed by atoms with Crippen LogP contribution in [0.4, 0.5) is 17.3 Å². The summed E-state index contributed by atoms with van der Waals surface area (Å²) < 4.78 is 0. The van der Waals surface area contributed by atoms with Crippen LogP contribution < -0.4 is 11.1 Å². The summed E-state index contributed by atoms with van der Waals surface area (Å²) in [6.45, 7) is 0.663. The summed E-state index contributed by atoms with van der Waals surface area (Å²) >= 11 is 0. The van der Waals surface area contributed by atoms with E-state index in [2.05, 4.69) is 15.3 Å². The zero-order valence-corrected chi connectivity index (χ0v) is 10.1. The molecule has 0 aliphatic heterocycles. The fraction of sp³-hybridized carbons (Fsp3) is 0.167. The second-order valence-corrected chi connectivity index (χ2v) is 3.93. The molecule has 1 aromatic carbocycles. The Morgan fingerprint density at radius 2 is 1.95 bits per heavy atom. The van der Waals surface area contributed by atoms with Gasteiger partial charge in [0.05, 0.1) is 17.3 Å². The number of nitrogens with two attached hydrogens (primary N) is 1. The molecule has 0 atom stereocenters. The molecular weight excluding hydrogens is 246 g/mol. The Bertz CT molecular complexity index is 553. The third-order valence-electron chi connectivity index (χ3n) is 2.54. The van der Waals surface area contributed by atoms with Crippen molar-refractivity contribution in [3.63, 3.8) is 0 Å². The van der Waals surface area contributed by atoms with Gasteiger partial charge >= 0.3 is 0 Å². The van der Waals surface area contributed by atoms with Crippen LogP contribution in [0.15, 0.2) is 36.7 Å². The minimum Gasteiger partial charge on any atom is -0.382 e. The number of rotatable bonds is 5. The molecule has 7 heteroatoms. The molecule has 2 aromatic rings. The number of nitro groups is 1. The molecule has 0 bridgehead atoms. The second-order valence-electron chi connectivity index (χ2n) is 3.93. The molecule has 0 saturated carbocycles. The smallest absolute Gasteiger partial charge is 0.269 e. The monoisotopic (exact) mass is 259 g/mol. The number of non-ortho nitro benzene ring substituents is 1. The van der Waals surface area contributed by atoms with Crippen molar-refractivity contribution in [2.75, 3.05) is 17.6 Å². The molecule has 3 N–H and O–H groups in total. The Hall–Kier alpha value is -2.70. The first-order valence-corrected chi connectivity index (χ1v) is 5.70. The van der Waals surface area contributed by atoms with E-state index in [-0.39, 0.29) is 5.69 Å². The van der Waals surface area contributed by atoms with Crippen LogP contribution in [0.25, 0.3) is 0 Å². The number of hydrogen-bond donors (Lipinski definition) is 2. The highest BCUT2D eigenvalue weighted by atomic mass is 16.6. The minimum absolute atomic E-state index is 0.0983. The Labute approximate surface area is 109 Å². The van der Waals surface area contributed by atoms with E-state index >= 15 is 0 Å². The number of anilines is 2. The van der Waals surface area contributed by atoms with Gasteiger partial charge in [-0.05, 0) is 12.0 Å². The molecule has 1 aromatic heterocycles. The van der Waals surface area contributed by atoms with Gasteiger partial charge in [0.15, 0.2) is 0 Å². The largest absolute Gasteiger partial charge is 0.382 e. The first-order chi connectivity index (χ1) is 9.15. The first-order valence-electron chi connectivity index (χ1n) is 5.70. The van der Waals surface area contributed by atoms with Crippen molar-refractivity contribution in [2.24, 2.45) is 0 Å². The van der Waals surface area contributed by atoms with Crippen molar-refractivity contribution in [3.05, 3.63) is 52.3 Å². The Balaban J connectivity index is 1.85. The van der Waals surface area contributed by atoms with Crippen LogP contribution in [0.1, 0.15) is 5.56 Å². The molecule has 0 aliphatic rings. The van der Waals surface area contributed by atoms with Crippen LogP contribution >= 0.6 is 0 Å². The quantitative estimate of drug-likeness (QED) is 0.624. The maximum absolute atomic E-state index is 10.5. The van der Waals surface area contributed by atoms with Crippen LogP contribution in [0.2, 0.25) is 0 Å². The number of aromatic nitrogens is 2. The lowest BCUT2D eigenvalue weighted by molar-refractivity contribution is -0.384. The fourth-order valence-electron chi connectivity index (χ4n) is 1.55. The summed E-state index contributed by atoms with van der Waals surface area (Å²) in [5.41, 5.74) is 6.54. The van der Waals surface area contributed by atoms with Crippen LogP contribution in [0.5, 0.6) is 0 Å². The molecule has 0 radical (unpaired) electrons. The van der Waals surface area contributed by atoms with Gasteiger partial charge in [-0.3, -0.25) is 10.1 Å². The van der Waals surface area contributed by atoms with Gasteiger partial charge in [-0.25, -0.2) is 9.97 Å². The molecule has 0 saturated heterocycles. The lowest BCUT2D eigenvalue weighted by Gasteiger charge is -2.05. The lowest BCUT2D eigenvalue weighted by Crippen LogP contribution is -2.07. The number of nitrogens with zero attached hydrogens (tertiary/aromatic N) is 3. The molecule has 1 heterocycles. The highest BCUT2D eigenvalue weighted by Crippen LogP contribution is 2.12. The third kappa shape index (κ3) is 3.63. The van der Waals surface area contributed by atoms with Crippen molar-refractivity contribution in [3.8, 4) is 0 Å². The summed E-state index contributed by atoms with van der Waals surface area (Å²) in [5.74, 6) is 1.03. The van der Waals surface area contributed by atoms with Gasteiger partial charge < -0.3 is 11.1 Å². The van der Waals surface area contributed by atoms with Crippen LogP contribution in [-0.2, 0) is 6.42 Å². The van der Waals surface area contributed by atoms with Crippen LogP contribution in [-0.4, -0.2) is 21.4 Å². The highest BCUT2D eigenvalue weighted by Gasteiger charge is 2.03. The molecular formula is C12H13N5O2. The van der Waals surface area contributed by atoms with E-state index in [0.29, 0.717) is 18.2 Å². The van der Waals surface area contributed by atoms with E-state index in [1.807, 2.05) is 0 Å². The maximum atomic E-state index is 10.5. The molecule has 98 valence electrons. The number of nitro benzene ring substituents is 1. The molecule has 0 aliphatic carbocycles. The maximum Gasteiger partial charge on any atom is 0.269 e. The van der Waals surface area contributed by atoms with Crippen molar-refractivity contribution in [2.45, 2.75) is 6.42 Å². The molecule has 7 nitrogen and oxygen atoms in total. The van der Waals surface area contributed by atoms with E-state index in [1.165, 1.54) is 18.3 Å². The van der Waals surface area contributed by atoms with Crippen molar-refractivity contribution >= 4 is 17.3 Å². The van der Waals surface area contributed by atoms with E-state index in [0.717, 1.165) is 12.0 Å². The van der Waals surface area contributed by atoms with Crippen molar-refractivity contribution in [1.29, 1.82) is 0 Å². The van der Waals surface area contributed by atoms with Gasteiger partial charge in [0.2, 0.25) is 0 Å². The van der Waals surface area contributed by atoms with Gasteiger partial charge in [-0.2, -0.15) is 0 Å². The van der Waals surface area contributed by atoms with Crippen LogP contribution in [0, 0.1) is 10.1 Å². The minimum atomic E-state index is -0.411. The summed E-state index contributed by atoms with van der Waals surface area (Å²) in [5, 5.41) is 13.6. The van der Waals surface area contributed by atoms with Crippen molar-refractivity contribution < 1.29 is 4.92 Å². The Kier molecular flexibility index (Phi) is 3.87. The molecule has 0 fully saturated rings. The van der Waals surface area contributed by atoms with Gasteiger partial charge in [0.1, 0.15) is 11.6 Å². The summed E-state index contributed by atoms with van der Waals surface area (Å²) in [6.07, 6.45) is 3.78. The first kappa shape index (κ1) is 12.7. The van der Waals surface area contributed by atoms with Crippen LogP contribution in [0.3, 0.4) is 0 Å². The predicted molar refractivity (Wildman–Crippen MR) is 71.7 cm³/mol. The molecule has 19 heavy (non-hydrogen) atoms. The number of nitrogens with one attached hydrogen (secondary N) is 1. The normalized spacial score (nSPS) is 10.1. The van der Waals surface area contributed by atoms with Crippen molar-refractivity contribution in [1.82, 2.24) is 9.97 Å². The van der Waals surface area contributed by atoms with Gasteiger partial charge in [0, 0.05) is 18.7 Å². The second kappa shape index (κ2) is 5.76. The van der Waals surface area contributed by atoms with E-state index in [4.69, 9.17) is 5.73 Å². The Morgan fingerprint density at radius 3 is 2.53 bits per heavy atom. The lowest BCUT2D eigenvalue weighted by atomic mass is 10.1. The number of nitrogen functional groups attached to an aromatic ring is 1. The standard InChI is InChI=1S/C12H13N5O2/c13-11-7-16-12(8-15-11)14-6-5-9-1-3-10(4-2-9)17(18)19/h1-4,7-8H,5-6H2,(H2,13,15)(H,14,16). The highest BCUT2D eigenvalue weighted by molar-refractivity contribution is 5.37. The summed E-state index contributed by atoms with van der Waals surface area (Å²) in [6, 6.07) is 6.49. The predicted octanol–water partition coefficient (Wildman–Crippen LogP) is 1.62. The zero-order valence-electron chi connectivity index (χ0n) is 10.1. The van der Waals surface area contributed by atoms with E-state index in [1.54, 1.807) is 18.3 Å². The summed E-state index contributed by atoms with van der Waals surface area (Å²) in [4.78, 5) is 18.1. The number of benzene rings is 1. The molecule has 2 rings (SSSR count). The molecule has 0 unspecified atom stereocenters.